The standard InChI is InChI=1S/C16H21N3O2S2/c1-10(13(20)18-14(21)19-16(2,3)4)23-15-17-12-8-6-5-7-11(12)9-22-15/h5-8,10H,9H2,1-4H3,(H2,18,19,20,21)/t10-/m0/s1. The second-order valence-corrected chi connectivity index (χ2v) is 8.80. The Labute approximate surface area is 145 Å². The van der Waals surface area contributed by atoms with Crippen LogP contribution in [0.1, 0.15) is 33.3 Å². The van der Waals surface area contributed by atoms with E-state index in [1.165, 1.54) is 17.3 Å². The molecule has 5 nitrogen and oxygen atoms in total. The normalized spacial score (nSPS) is 15.2. The summed E-state index contributed by atoms with van der Waals surface area (Å²) in [5, 5.41) is 4.69. The largest absolute Gasteiger partial charge is 0.333 e. The van der Waals surface area contributed by atoms with Gasteiger partial charge in [0.15, 0.2) is 0 Å². The summed E-state index contributed by atoms with van der Waals surface area (Å²) in [6.45, 7) is 7.36. The van der Waals surface area contributed by atoms with E-state index in [-0.39, 0.29) is 11.4 Å². The van der Waals surface area contributed by atoms with Crippen LogP contribution < -0.4 is 10.6 Å². The molecule has 1 aromatic carbocycles. The number of thioether (sulfide) groups is 2. The SMILES string of the molecule is C[C@H](SC1=Nc2ccccc2CS1)C(=O)NC(=O)NC(C)(C)C. The molecule has 1 aliphatic rings. The lowest BCUT2D eigenvalue weighted by atomic mass is 10.1. The van der Waals surface area contributed by atoms with E-state index in [0.29, 0.717) is 0 Å². The summed E-state index contributed by atoms with van der Waals surface area (Å²) in [6, 6.07) is 7.50. The van der Waals surface area contributed by atoms with Crippen LogP contribution in [0.15, 0.2) is 29.3 Å². The molecule has 0 bridgehead atoms. The van der Waals surface area contributed by atoms with E-state index in [2.05, 4.69) is 21.7 Å². The molecular weight excluding hydrogens is 330 g/mol. The van der Waals surface area contributed by atoms with Gasteiger partial charge in [-0.05, 0) is 39.3 Å². The fourth-order valence-corrected chi connectivity index (χ4v) is 4.05. The minimum Gasteiger partial charge on any atom is -0.333 e. The third-order valence-electron chi connectivity index (χ3n) is 2.93. The molecule has 1 aliphatic heterocycles. The van der Waals surface area contributed by atoms with Crippen molar-refractivity contribution in [1.82, 2.24) is 10.6 Å². The van der Waals surface area contributed by atoms with E-state index < -0.39 is 11.3 Å². The number of carbonyl (C=O) groups is 2. The minimum absolute atomic E-state index is 0.320. The van der Waals surface area contributed by atoms with Crippen LogP contribution in [0.25, 0.3) is 0 Å². The van der Waals surface area contributed by atoms with Crippen molar-refractivity contribution in [3.63, 3.8) is 0 Å². The Morgan fingerprint density at radius 2 is 2.00 bits per heavy atom. The highest BCUT2D eigenvalue weighted by Crippen LogP contribution is 2.35. The quantitative estimate of drug-likeness (QED) is 0.853. The first-order chi connectivity index (χ1) is 10.7. The van der Waals surface area contributed by atoms with E-state index in [0.717, 1.165) is 15.8 Å². The number of nitrogens with zero attached hydrogens (tertiary/aromatic N) is 1. The van der Waals surface area contributed by atoms with Gasteiger partial charge in [0.05, 0.1) is 10.9 Å². The molecule has 2 N–H and O–H groups in total. The van der Waals surface area contributed by atoms with E-state index in [9.17, 15) is 9.59 Å². The summed E-state index contributed by atoms with van der Waals surface area (Å²) in [7, 11) is 0. The molecule has 23 heavy (non-hydrogen) atoms. The van der Waals surface area contributed by atoms with Crippen molar-refractivity contribution in [2.75, 3.05) is 0 Å². The number of rotatable bonds is 2. The van der Waals surface area contributed by atoms with Crippen LogP contribution in [0, 0.1) is 0 Å². The van der Waals surface area contributed by atoms with Crippen molar-refractivity contribution in [3.8, 4) is 0 Å². The monoisotopic (exact) mass is 351 g/mol. The molecule has 124 valence electrons. The Kier molecular flexibility index (Phi) is 5.75. The summed E-state index contributed by atoms with van der Waals surface area (Å²) >= 11 is 2.99. The number of amides is 3. The van der Waals surface area contributed by atoms with Gasteiger partial charge in [-0.25, -0.2) is 9.79 Å². The Balaban J connectivity index is 1.92. The molecule has 0 saturated carbocycles. The lowest BCUT2D eigenvalue weighted by Crippen LogP contribution is -2.49. The number of urea groups is 1. The van der Waals surface area contributed by atoms with Crippen LogP contribution in [0.4, 0.5) is 10.5 Å². The smallest absolute Gasteiger partial charge is 0.321 e. The van der Waals surface area contributed by atoms with Crippen molar-refractivity contribution in [1.29, 1.82) is 0 Å². The van der Waals surface area contributed by atoms with Gasteiger partial charge < -0.3 is 5.32 Å². The first-order valence-electron chi connectivity index (χ1n) is 7.34. The third-order valence-corrected chi connectivity index (χ3v) is 5.22. The predicted octanol–water partition coefficient (Wildman–Crippen LogP) is 3.67. The summed E-state index contributed by atoms with van der Waals surface area (Å²) in [5.41, 5.74) is 1.77. The van der Waals surface area contributed by atoms with E-state index in [1.54, 1.807) is 18.7 Å². The van der Waals surface area contributed by atoms with Crippen LogP contribution in [-0.4, -0.2) is 27.1 Å². The maximum absolute atomic E-state index is 12.1. The van der Waals surface area contributed by atoms with Gasteiger partial charge in [-0.1, -0.05) is 41.7 Å². The maximum atomic E-state index is 12.1. The van der Waals surface area contributed by atoms with Crippen molar-refractivity contribution in [2.24, 2.45) is 4.99 Å². The van der Waals surface area contributed by atoms with Crippen LogP contribution in [0.2, 0.25) is 0 Å². The van der Waals surface area contributed by atoms with Gasteiger partial charge >= 0.3 is 6.03 Å². The molecule has 7 heteroatoms. The molecule has 0 spiro atoms. The average molecular weight is 351 g/mol. The molecule has 1 heterocycles. The fourth-order valence-electron chi connectivity index (χ4n) is 1.86. The highest BCUT2D eigenvalue weighted by atomic mass is 32.2. The summed E-state index contributed by atoms with van der Waals surface area (Å²) < 4.78 is 0.850. The topological polar surface area (TPSA) is 70.6 Å². The summed E-state index contributed by atoms with van der Waals surface area (Å²) in [6.07, 6.45) is 0. The fraction of sp³-hybridized carbons (Fsp3) is 0.438. The minimum atomic E-state index is -0.474. The Bertz CT molecular complexity index is 638. The zero-order chi connectivity index (χ0) is 17.0. The third kappa shape index (κ3) is 5.58. The van der Waals surface area contributed by atoms with Crippen molar-refractivity contribution in [2.45, 2.75) is 44.2 Å². The number of nitrogens with one attached hydrogen (secondary N) is 2. The van der Waals surface area contributed by atoms with Crippen LogP contribution in [0.3, 0.4) is 0 Å². The molecule has 0 aliphatic carbocycles. The molecule has 0 saturated heterocycles. The Hall–Kier alpha value is -1.47. The number of para-hydroxylation sites is 1. The highest BCUT2D eigenvalue weighted by molar-refractivity contribution is 8.39. The summed E-state index contributed by atoms with van der Waals surface area (Å²) in [5.74, 6) is 0.528. The predicted molar refractivity (Wildman–Crippen MR) is 98.3 cm³/mol. The second kappa shape index (κ2) is 7.40. The van der Waals surface area contributed by atoms with Gasteiger partial charge in [-0.3, -0.25) is 10.1 Å². The average Bonchev–Trinajstić information content (AvgIpc) is 2.45. The van der Waals surface area contributed by atoms with Crippen molar-refractivity contribution >= 4 is 45.5 Å². The van der Waals surface area contributed by atoms with Gasteiger partial charge in [0.25, 0.3) is 0 Å². The number of hydrogen-bond acceptors (Lipinski definition) is 5. The van der Waals surface area contributed by atoms with Gasteiger partial charge in [0, 0.05) is 11.3 Å². The number of aliphatic imine (C=N–C) groups is 1. The highest BCUT2D eigenvalue weighted by Gasteiger charge is 2.22. The maximum Gasteiger partial charge on any atom is 0.321 e. The second-order valence-electron chi connectivity index (χ2n) is 6.25. The molecule has 1 atom stereocenters. The van der Waals surface area contributed by atoms with E-state index >= 15 is 0 Å². The molecule has 1 aromatic rings. The molecule has 2 rings (SSSR count). The zero-order valence-corrected chi connectivity index (χ0v) is 15.3. The van der Waals surface area contributed by atoms with Gasteiger partial charge in [0.2, 0.25) is 5.91 Å². The number of carbonyl (C=O) groups excluding carboxylic acids is 2. The van der Waals surface area contributed by atoms with Gasteiger partial charge in [-0.15, -0.1) is 0 Å². The molecule has 0 radical (unpaired) electrons. The zero-order valence-electron chi connectivity index (χ0n) is 13.7. The van der Waals surface area contributed by atoms with Crippen LogP contribution in [0.5, 0.6) is 0 Å². The van der Waals surface area contributed by atoms with Crippen LogP contribution >= 0.6 is 23.5 Å². The Morgan fingerprint density at radius 1 is 1.30 bits per heavy atom. The number of hydrogen-bond donors (Lipinski definition) is 2. The summed E-state index contributed by atoms with van der Waals surface area (Å²) in [4.78, 5) is 28.4. The van der Waals surface area contributed by atoms with E-state index in [4.69, 9.17) is 0 Å². The molecule has 0 aromatic heterocycles. The van der Waals surface area contributed by atoms with Crippen molar-refractivity contribution < 1.29 is 9.59 Å². The first kappa shape index (κ1) is 17.9. The lowest BCUT2D eigenvalue weighted by Gasteiger charge is -2.21. The van der Waals surface area contributed by atoms with Gasteiger partial charge in [-0.2, -0.15) is 0 Å². The van der Waals surface area contributed by atoms with Crippen LogP contribution in [-0.2, 0) is 10.5 Å². The molecule has 3 amide bonds. The lowest BCUT2D eigenvalue weighted by molar-refractivity contribution is -0.119. The Morgan fingerprint density at radius 3 is 2.70 bits per heavy atom. The first-order valence-corrected chi connectivity index (χ1v) is 9.20. The molecule has 0 unspecified atom stereocenters. The molecular formula is C16H21N3O2S2. The molecule has 0 fully saturated rings. The van der Waals surface area contributed by atoms with Gasteiger partial charge in [0.1, 0.15) is 4.38 Å². The number of fused-ring (bicyclic) bond motifs is 1. The number of imide groups is 1. The number of benzene rings is 1. The van der Waals surface area contributed by atoms with E-state index in [1.807, 2.05) is 39.0 Å². The van der Waals surface area contributed by atoms with Crippen molar-refractivity contribution in [3.05, 3.63) is 29.8 Å².